The van der Waals surface area contributed by atoms with E-state index in [4.69, 9.17) is 9.47 Å². The van der Waals surface area contributed by atoms with Crippen molar-refractivity contribution in [1.82, 2.24) is 10.4 Å². The van der Waals surface area contributed by atoms with Crippen molar-refractivity contribution >= 4 is 18.2 Å². The number of amides is 2. The molecular weight excluding hydrogens is 366 g/mol. The van der Waals surface area contributed by atoms with Crippen molar-refractivity contribution < 1.29 is 28.6 Å². The topological polar surface area (TPSA) is 118 Å². The van der Waals surface area contributed by atoms with Crippen molar-refractivity contribution in [3.05, 3.63) is 24.3 Å². The smallest absolute Gasteiger partial charge is 0.429 e. The van der Waals surface area contributed by atoms with Gasteiger partial charge in [-0.3, -0.25) is 0 Å². The highest BCUT2D eigenvalue weighted by Crippen LogP contribution is 2.16. The molecule has 156 valence electrons. The molecular formula is C19H29N3O6. The van der Waals surface area contributed by atoms with Gasteiger partial charge in [-0.25, -0.2) is 24.8 Å². The van der Waals surface area contributed by atoms with Gasteiger partial charge in [-0.1, -0.05) is 6.08 Å². The lowest BCUT2D eigenvalue weighted by Crippen LogP contribution is -2.54. The molecule has 0 spiro atoms. The predicted octanol–water partition coefficient (Wildman–Crippen LogP) is 3.23. The number of hydrogen-bond acceptors (Lipinski definition) is 7. The van der Waals surface area contributed by atoms with Crippen LogP contribution >= 0.6 is 0 Å². The summed E-state index contributed by atoms with van der Waals surface area (Å²) in [5.41, 5.74) is 0.310. The van der Waals surface area contributed by atoms with Crippen molar-refractivity contribution in [3.63, 3.8) is 0 Å². The number of esters is 1. The minimum atomic E-state index is -0.950. The van der Waals surface area contributed by atoms with Crippen LogP contribution in [0.25, 0.3) is 0 Å². The number of ether oxygens (including phenoxy) is 3. The first-order valence-electron chi connectivity index (χ1n) is 8.57. The zero-order valence-corrected chi connectivity index (χ0v) is 17.5. The van der Waals surface area contributed by atoms with Crippen molar-refractivity contribution in [1.29, 1.82) is 5.26 Å². The molecule has 9 heteroatoms. The Morgan fingerprint density at radius 3 is 2.07 bits per heavy atom. The fourth-order valence-corrected chi connectivity index (χ4v) is 1.85. The van der Waals surface area contributed by atoms with Gasteiger partial charge in [0.25, 0.3) is 0 Å². The second-order valence-corrected chi connectivity index (χ2v) is 7.74. The standard InChI is InChI=1S/C19H29N3O6/c1-9-10-14(11-13(12-20)15(23)26-8)22(17(25)28-19(5,6)7)21-16(24)27-18(2,3)4/h9,11,14H,1,10H2,2-8H3,(H,21,24)/b13-11+/t14-/m0/s1. The summed E-state index contributed by atoms with van der Waals surface area (Å²) < 4.78 is 15.0. The third-order valence-electron chi connectivity index (χ3n) is 2.83. The molecule has 0 aliphatic heterocycles. The van der Waals surface area contributed by atoms with Crippen LogP contribution in [0.5, 0.6) is 0 Å². The Kier molecular flexibility index (Phi) is 9.23. The van der Waals surface area contributed by atoms with E-state index in [0.29, 0.717) is 0 Å². The first-order chi connectivity index (χ1) is 12.7. The van der Waals surface area contributed by atoms with Gasteiger partial charge < -0.3 is 14.2 Å². The Hall–Kier alpha value is -3.02. The molecule has 0 aliphatic carbocycles. The van der Waals surface area contributed by atoms with Gasteiger partial charge in [0.05, 0.1) is 13.2 Å². The predicted molar refractivity (Wildman–Crippen MR) is 102 cm³/mol. The van der Waals surface area contributed by atoms with Crippen LogP contribution in [0.2, 0.25) is 0 Å². The number of carbonyl (C=O) groups is 3. The maximum atomic E-state index is 12.7. The minimum absolute atomic E-state index is 0.108. The number of hydrazine groups is 1. The Labute approximate surface area is 165 Å². The number of hydrogen-bond donors (Lipinski definition) is 1. The van der Waals surface area contributed by atoms with Gasteiger partial charge >= 0.3 is 18.2 Å². The number of methoxy groups -OCH3 is 1. The lowest BCUT2D eigenvalue weighted by atomic mass is 10.1. The van der Waals surface area contributed by atoms with Crippen LogP contribution in [-0.2, 0) is 19.0 Å². The lowest BCUT2D eigenvalue weighted by molar-refractivity contribution is -0.135. The summed E-state index contributed by atoms with van der Waals surface area (Å²) in [5.74, 6) is -0.877. The third kappa shape index (κ3) is 9.62. The average molecular weight is 395 g/mol. The number of carbonyl (C=O) groups excluding carboxylic acids is 3. The molecule has 0 rings (SSSR count). The molecule has 2 amide bonds. The SMILES string of the molecule is C=CC[C@@H](/C=C(\C#N)C(=O)OC)N(NC(=O)OC(C)(C)C)C(=O)OC(C)(C)C. The van der Waals surface area contributed by atoms with Crippen molar-refractivity contribution in [2.45, 2.75) is 65.2 Å². The Morgan fingerprint density at radius 2 is 1.68 bits per heavy atom. The van der Waals surface area contributed by atoms with Crippen LogP contribution in [0.4, 0.5) is 9.59 Å². The summed E-state index contributed by atoms with van der Waals surface area (Å²) >= 11 is 0. The monoisotopic (exact) mass is 395 g/mol. The van der Waals surface area contributed by atoms with Gasteiger partial charge in [-0.05, 0) is 54.0 Å². The van der Waals surface area contributed by atoms with Gasteiger partial charge in [0.15, 0.2) is 0 Å². The minimum Gasteiger partial charge on any atom is -0.465 e. The highest BCUT2D eigenvalue weighted by molar-refractivity contribution is 5.92. The van der Waals surface area contributed by atoms with Crippen LogP contribution in [0, 0.1) is 11.3 Å². The third-order valence-corrected chi connectivity index (χ3v) is 2.83. The average Bonchev–Trinajstić information content (AvgIpc) is 2.52. The first kappa shape index (κ1) is 25.0. The van der Waals surface area contributed by atoms with E-state index in [1.54, 1.807) is 47.6 Å². The highest BCUT2D eigenvalue weighted by Gasteiger charge is 2.31. The maximum Gasteiger partial charge on any atom is 0.429 e. The van der Waals surface area contributed by atoms with Crippen LogP contribution < -0.4 is 5.43 Å². The summed E-state index contributed by atoms with van der Waals surface area (Å²) in [6, 6.07) is 0.754. The lowest BCUT2D eigenvalue weighted by Gasteiger charge is -2.32. The molecule has 0 aromatic rings. The molecule has 0 unspecified atom stereocenters. The van der Waals surface area contributed by atoms with Gasteiger partial charge in [0.1, 0.15) is 22.8 Å². The fourth-order valence-electron chi connectivity index (χ4n) is 1.85. The molecule has 9 nitrogen and oxygen atoms in total. The normalized spacial score (nSPS) is 12.9. The summed E-state index contributed by atoms with van der Waals surface area (Å²) in [6.45, 7) is 13.6. The van der Waals surface area contributed by atoms with Crippen molar-refractivity contribution in [2.75, 3.05) is 7.11 Å². The van der Waals surface area contributed by atoms with Gasteiger partial charge in [0.2, 0.25) is 0 Å². The molecule has 0 saturated carbocycles. The largest absolute Gasteiger partial charge is 0.465 e. The van der Waals surface area contributed by atoms with Crippen LogP contribution in [0.3, 0.4) is 0 Å². The second-order valence-electron chi connectivity index (χ2n) is 7.74. The molecule has 1 atom stereocenters. The quantitative estimate of drug-likeness (QED) is 0.190. The summed E-state index contributed by atoms with van der Waals surface area (Å²) in [4.78, 5) is 36.6. The van der Waals surface area contributed by atoms with E-state index in [2.05, 4.69) is 16.7 Å². The highest BCUT2D eigenvalue weighted by atomic mass is 16.6. The van der Waals surface area contributed by atoms with Gasteiger partial charge in [-0.2, -0.15) is 5.26 Å². The molecule has 0 saturated heterocycles. The molecule has 0 heterocycles. The number of nitrogens with one attached hydrogen (secondary N) is 1. The number of rotatable bonds is 5. The van der Waals surface area contributed by atoms with Gasteiger partial charge in [-0.15, -0.1) is 6.58 Å². The van der Waals surface area contributed by atoms with E-state index in [1.165, 1.54) is 12.2 Å². The molecule has 1 N–H and O–H groups in total. The zero-order valence-electron chi connectivity index (χ0n) is 17.5. The number of nitriles is 1. The van der Waals surface area contributed by atoms with E-state index in [0.717, 1.165) is 12.1 Å². The van der Waals surface area contributed by atoms with Crippen LogP contribution in [0.15, 0.2) is 24.3 Å². The van der Waals surface area contributed by atoms with E-state index in [-0.39, 0.29) is 12.0 Å². The van der Waals surface area contributed by atoms with E-state index >= 15 is 0 Å². The van der Waals surface area contributed by atoms with Crippen LogP contribution in [-0.4, -0.2) is 47.5 Å². The maximum absolute atomic E-state index is 12.7. The fraction of sp³-hybridized carbons (Fsp3) is 0.579. The number of nitrogens with zero attached hydrogens (tertiary/aromatic N) is 2. The van der Waals surface area contributed by atoms with Gasteiger partial charge in [0, 0.05) is 0 Å². The first-order valence-corrected chi connectivity index (χ1v) is 8.57. The molecule has 0 fully saturated rings. The van der Waals surface area contributed by atoms with E-state index in [9.17, 15) is 19.6 Å². The molecule has 0 aromatic heterocycles. The summed E-state index contributed by atoms with van der Waals surface area (Å²) in [6.07, 6.45) is 0.953. The summed E-state index contributed by atoms with van der Waals surface area (Å²) in [5, 5.41) is 10.0. The van der Waals surface area contributed by atoms with Crippen LogP contribution in [0.1, 0.15) is 48.0 Å². The van der Waals surface area contributed by atoms with E-state index < -0.39 is 35.4 Å². The Bertz CT molecular complexity index is 665. The molecule has 0 aromatic carbocycles. The second kappa shape index (κ2) is 10.3. The molecule has 0 aliphatic rings. The Balaban J connectivity index is 5.97. The molecule has 0 bridgehead atoms. The zero-order chi connectivity index (χ0) is 22.1. The summed E-state index contributed by atoms with van der Waals surface area (Å²) in [7, 11) is 1.13. The molecule has 0 radical (unpaired) electrons. The van der Waals surface area contributed by atoms with Crippen molar-refractivity contribution in [2.24, 2.45) is 0 Å². The Morgan fingerprint density at radius 1 is 1.14 bits per heavy atom. The van der Waals surface area contributed by atoms with Crippen molar-refractivity contribution in [3.8, 4) is 6.07 Å². The molecule has 28 heavy (non-hydrogen) atoms. The van der Waals surface area contributed by atoms with E-state index in [1.807, 2.05) is 0 Å².